The lowest BCUT2D eigenvalue weighted by molar-refractivity contribution is -0.134. The molecule has 2 atom stereocenters. The van der Waals surface area contributed by atoms with E-state index in [9.17, 15) is 4.79 Å². The molecule has 1 aromatic heterocycles. The highest BCUT2D eigenvalue weighted by atomic mass is 32.2. The lowest BCUT2D eigenvalue weighted by atomic mass is 10.2. The molecule has 26 heavy (non-hydrogen) atoms. The fraction of sp³-hybridized carbons (Fsp3) is 0.400. The summed E-state index contributed by atoms with van der Waals surface area (Å²) in [5.74, 6) is 1.06. The van der Waals surface area contributed by atoms with E-state index in [4.69, 9.17) is 0 Å². The summed E-state index contributed by atoms with van der Waals surface area (Å²) < 4.78 is 0. The van der Waals surface area contributed by atoms with Crippen molar-refractivity contribution in [2.75, 3.05) is 31.9 Å². The molecule has 0 spiro atoms. The second-order valence-corrected chi connectivity index (χ2v) is 7.94. The summed E-state index contributed by atoms with van der Waals surface area (Å²) in [6.45, 7) is 4.46. The van der Waals surface area contributed by atoms with Crippen LogP contribution in [-0.2, 0) is 11.3 Å². The maximum atomic E-state index is 12.9. The summed E-state index contributed by atoms with van der Waals surface area (Å²) in [4.78, 5) is 21.5. The van der Waals surface area contributed by atoms with Gasteiger partial charge in [-0.25, -0.2) is 0 Å². The Labute approximate surface area is 158 Å². The van der Waals surface area contributed by atoms with E-state index < -0.39 is 0 Å². The van der Waals surface area contributed by atoms with Gasteiger partial charge in [-0.3, -0.25) is 20.0 Å². The number of rotatable bonds is 4. The van der Waals surface area contributed by atoms with Crippen molar-refractivity contribution in [3.63, 3.8) is 0 Å². The number of aromatic nitrogens is 1. The molecule has 0 bridgehead atoms. The molecule has 1 N–H and O–H groups in total. The number of nitrogens with zero attached hydrogens (tertiary/aromatic N) is 3. The Hall–Kier alpha value is -1.89. The van der Waals surface area contributed by atoms with E-state index in [1.54, 1.807) is 18.0 Å². The van der Waals surface area contributed by atoms with Gasteiger partial charge in [-0.15, -0.1) is 11.8 Å². The molecule has 0 aliphatic carbocycles. The number of nitrogens with one attached hydrogen (secondary N) is 1. The summed E-state index contributed by atoms with van der Waals surface area (Å²) in [5, 5.41) is 3.64. The van der Waals surface area contributed by atoms with Crippen molar-refractivity contribution in [3.05, 3.63) is 66.0 Å². The van der Waals surface area contributed by atoms with E-state index in [0.29, 0.717) is 0 Å². The van der Waals surface area contributed by atoms with Crippen molar-refractivity contribution >= 4 is 17.7 Å². The third kappa shape index (κ3) is 4.09. The summed E-state index contributed by atoms with van der Waals surface area (Å²) in [6.07, 6.45) is 3.65. The van der Waals surface area contributed by atoms with Crippen molar-refractivity contribution in [2.45, 2.75) is 18.0 Å². The minimum atomic E-state index is -0.0918. The minimum Gasteiger partial charge on any atom is -0.339 e. The first kappa shape index (κ1) is 17.5. The number of carbonyl (C=O) groups excluding carboxylic acids is 1. The normalized spacial score (nSPS) is 23.9. The van der Waals surface area contributed by atoms with Crippen LogP contribution in [0.2, 0.25) is 0 Å². The Morgan fingerprint density at radius 1 is 1.12 bits per heavy atom. The zero-order chi connectivity index (χ0) is 17.8. The second kappa shape index (κ2) is 8.20. The highest BCUT2D eigenvalue weighted by Gasteiger charge is 2.34. The summed E-state index contributed by atoms with van der Waals surface area (Å²) in [7, 11) is 0. The van der Waals surface area contributed by atoms with Gasteiger partial charge in [0.15, 0.2) is 0 Å². The first-order valence-electron chi connectivity index (χ1n) is 9.12. The van der Waals surface area contributed by atoms with Gasteiger partial charge in [0.1, 0.15) is 0 Å². The van der Waals surface area contributed by atoms with Crippen LogP contribution >= 0.6 is 11.8 Å². The molecular weight excluding hydrogens is 344 g/mol. The van der Waals surface area contributed by atoms with Crippen molar-refractivity contribution in [3.8, 4) is 0 Å². The molecule has 136 valence electrons. The Morgan fingerprint density at radius 3 is 2.65 bits per heavy atom. The topological polar surface area (TPSA) is 48.5 Å². The number of hydrogen-bond acceptors (Lipinski definition) is 5. The maximum Gasteiger partial charge on any atom is 0.240 e. The zero-order valence-electron chi connectivity index (χ0n) is 14.8. The predicted octanol–water partition coefficient (Wildman–Crippen LogP) is 2.13. The van der Waals surface area contributed by atoms with Crippen molar-refractivity contribution in [2.24, 2.45) is 0 Å². The van der Waals surface area contributed by atoms with Crippen LogP contribution in [0, 0.1) is 0 Å². The van der Waals surface area contributed by atoms with Gasteiger partial charge in [-0.2, -0.15) is 0 Å². The van der Waals surface area contributed by atoms with Gasteiger partial charge in [0.2, 0.25) is 5.91 Å². The average molecular weight is 369 g/mol. The lowest BCUT2D eigenvalue weighted by Gasteiger charge is -2.36. The Morgan fingerprint density at radius 2 is 1.92 bits per heavy atom. The molecule has 2 saturated heterocycles. The van der Waals surface area contributed by atoms with Crippen LogP contribution in [0.1, 0.15) is 16.5 Å². The maximum absolute atomic E-state index is 12.9. The Bertz CT molecular complexity index is 719. The average Bonchev–Trinajstić information content (AvgIpc) is 3.20. The molecule has 0 saturated carbocycles. The summed E-state index contributed by atoms with van der Waals surface area (Å²) >= 11 is 1.79. The van der Waals surface area contributed by atoms with Gasteiger partial charge in [0.05, 0.1) is 11.4 Å². The largest absolute Gasteiger partial charge is 0.339 e. The first-order valence-corrected chi connectivity index (χ1v) is 10.2. The third-order valence-electron chi connectivity index (χ3n) is 5.00. The SMILES string of the molecule is O=C([C@@H]1CSC(c2cccnc2)N1)N1CCN(Cc2ccccc2)CC1. The Balaban J connectivity index is 1.27. The number of thioether (sulfide) groups is 1. The molecule has 2 aliphatic heterocycles. The quantitative estimate of drug-likeness (QED) is 0.896. The summed E-state index contributed by atoms with van der Waals surface area (Å²) in [6, 6.07) is 14.4. The summed E-state index contributed by atoms with van der Waals surface area (Å²) in [5.41, 5.74) is 2.47. The van der Waals surface area contributed by atoms with Crippen LogP contribution in [0.25, 0.3) is 0 Å². The van der Waals surface area contributed by atoms with Gasteiger partial charge < -0.3 is 4.90 Å². The molecule has 1 amide bonds. The van der Waals surface area contributed by atoms with E-state index in [-0.39, 0.29) is 17.3 Å². The van der Waals surface area contributed by atoms with Crippen LogP contribution in [0.3, 0.4) is 0 Å². The number of amides is 1. The lowest BCUT2D eigenvalue weighted by Crippen LogP contribution is -2.53. The van der Waals surface area contributed by atoms with E-state index in [1.165, 1.54) is 5.56 Å². The molecular formula is C20H24N4OS. The molecule has 6 heteroatoms. The van der Waals surface area contributed by atoms with E-state index >= 15 is 0 Å². The van der Waals surface area contributed by atoms with Gasteiger partial charge in [-0.05, 0) is 17.2 Å². The first-order chi connectivity index (χ1) is 12.8. The molecule has 5 nitrogen and oxygen atoms in total. The van der Waals surface area contributed by atoms with Crippen LogP contribution in [-0.4, -0.2) is 58.7 Å². The molecule has 4 rings (SSSR count). The highest BCUT2D eigenvalue weighted by Crippen LogP contribution is 2.32. The monoisotopic (exact) mass is 368 g/mol. The van der Waals surface area contributed by atoms with Gasteiger partial charge in [0, 0.05) is 50.9 Å². The van der Waals surface area contributed by atoms with Crippen LogP contribution in [0.4, 0.5) is 0 Å². The Kier molecular flexibility index (Phi) is 5.53. The molecule has 0 radical (unpaired) electrons. The number of pyridine rings is 1. The van der Waals surface area contributed by atoms with Crippen molar-refractivity contribution < 1.29 is 4.79 Å². The zero-order valence-corrected chi connectivity index (χ0v) is 15.6. The number of carbonyl (C=O) groups is 1. The second-order valence-electron chi connectivity index (χ2n) is 6.81. The number of benzene rings is 1. The minimum absolute atomic E-state index is 0.0918. The van der Waals surface area contributed by atoms with Crippen LogP contribution < -0.4 is 5.32 Å². The van der Waals surface area contributed by atoms with Gasteiger partial charge >= 0.3 is 0 Å². The highest BCUT2D eigenvalue weighted by molar-refractivity contribution is 7.99. The molecule has 2 fully saturated rings. The number of piperazine rings is 1. The fourth-order valence-corrected chi connectivity index (χ4v) is 4.74. The standard InChI is InChI=1S/C20H24N4OS/c25-20(18-15-26-19(22-18)17-7-4-8-21-13-17)24-11-9-23(10-12-24)14-16-5-2-1-3-6-16/h1-8,13,18-19,22H,9-12,14-15H2/t18-,19?/m0/s1. The molecule has 2 aromatic rings. The fourth-order valence-electron chi connectivity index (χ4n) is 3.53. The third-order valence-corrected chi connectivity index (χ3v) is 6.27. The molecule has 2 aliphatic rings. The van der Waals surface area contributed by atoms with Crippen LogP contribution in [0.15, 0.2) is 54.9 Å². The van der Waals surface area contributed by atoms with Crippen LogP contribution in [0.5, 0.6) is 0 Å². The van der Waals surface area contributed by atoms with Crippen molar-refractivity contribution in [1.82, 2.24) is 20.1 Å². The van der Waals surface area contributed by atoms with E-state index in [2.05, 4.69) is 45.5 Å². The predicted molar refractivity (Wildman–Crippen MR) is 105 cm³/mol. The van der Waals surface area contributed by atoms with E-state index in [1.807, 2.05) is 23.2 Å². The smallest absolute Gasteiger partial charge is 0.240 e. The molecule has 3 heterocycles. The molecule has 1 unspecified atom stereocenters. The van der Waals surface area contributed by atoms with Crippen molar-refractivity contribution in [1.29, 1.82) is 0 Å². The molecule has 1 aromatic carbocycles. The number of hydrogen-bond donors (Lipinski definition) is 1. The van der Waals surface area contributed by atoms with E-state index in [0.717, 1.165) is 44.0 Å². The van der Waals surface area contributed by atoms with Gasteiger partial charge in [0.25, 0.3) is 0 Å². The van der Waals surface area contributed by atoms with Gasteiger partial charge in [-0.1, -0.05) is 36.4 Å².